The van der Waals surface area contributed by atoms with E-state index in [-0.39, 0.29) is 30.5 Å². The zero-order chi connectivity index (χ0) is 9.07. The van der Waals surface area contributed by atoms with E-state index in [2.05, 4.69) is 5.32 Å². The van der Waals surface area contributed by atoms with Gasteiger partial charge in [0.15, 0.2) is 0 Å². The fourth-order valence-corrected chi connectivity index (χ4v) is 0.470. The Morgan fingerprint density at radius 1 is 1.25 bits per heavy atom. The van der Waals surface area contributed by atoms with Crippen LogP contribution in [0.5, 0.6) is 0 Å². The highest BCUT2D eigenvalue weighted by atomic mass is 35.5. The van der Waals surface area contributed by atoms with Crippen molar-refractivity contribution in [1.82, 2.24) is 5.32 Å². The summed E-state index contributed by atoms with van der Waals surface area (Å²) in [6.07, 6.45) is 0. The molecule has 12 heavy (non-hydrogen) atoms. The van der Waals surface area contributed by atoms with Gasteiger partial charge in [-0.15, -0.1) is 12.4 Å². The molecule has 72 valence electrons. The minimum atomic E-state index is -0.578. The third-order valence-corrected chi connectivity index (χ3v) is 1.66. The zero-order valence-corrected chi connectivity index (χ0v) is 8.75. The van der Waals surface area contributed by atoms with Gasteiger partial charge in [0, 0.05) is 0 Å². The quantitative estimate of drug-likeness (QED) is 0.724. The van der Waals surface area contributed by atoms with Gasteiger partial charge in [-0.05, 0) is 27.7 Å². The molecule has 0 saturated heterocycles. The number of carbonyl (C=O) groups is 2. The molecule has 0 aliphatic rings. The highest BCUT2D eigenvalue weighted by Crippen LogP contribution is 2.01. The first-order valence-corrected chi connectivity index (χ1v) is 3.62. The summed E-state index contributed by atoms with van der Waals surface area (Å²) in [5.74, 6) is 0.0816. The average Bonchev–Trinajstić information content (AvgIpc) is 1.84. The molecule has 0 aromatic carbocycles. The van der Waals surface area contributed by atoms with Crippen LogP contribution in [0, 0.1) is 0 Å². The number of hydrogen-bond donors (Lipinski definition) is 1. The maximum Gasteiger partial charge on any atom is 0.149 e. The Bertz CT molecular complexity index is 178. The van der Waals surface area contributed by atoms with Crippen LogP contribution in [0.3, 0.4) is 0 Å². The highest BCUT2D eigenvalue weighted by molar-refractivity contribution is 5.86. The topological polar surface area (TPSA) is 46.2 Å². The largest absolute Gasteiger partial charge is 0.299 e. The van der Waals surface area contributed by atoms with Crippen LogP contribution in [0.1, 0.15) is 27.7 Å². The molecule has 0 fully saturated rings. The van der Waals surface area contributed by atoms with Crippen molar-refractivity contribution in [2.75, 3.05) is 6.54 Å². The molecule has 0 aromatic heterocycles. The lowest BCUT2D eigenvalue weighted by atomic mass is 10.0. The molecule has 0 unspecified atom stereocenters. The third kappa shape index (κ3) is 5.27. The van der Waals surface area contributed by atoms with Crippen molar-refractivity contribution in [3.63, 3.8) is 0 Å². The van der Waals surface area contributed by atoms with Gasteiger partial charge in [-0.25, -0.2) is 0 Å². The number of Topliss-reactive ketones (excluding diaryl/α,β-unsaturated/α-hetero) is 2. The first-order chi connectivity index (χ1) is 4.86. The van der Waals surface area contributed by atoms with Gasteiger partial charge in [0.2, 0.25) is 0 Å². The van der Waals surface area contributed by atoms with Crippen molar-refractivity contribution in [2.24, 2.45) is 0 Å². The Balaban J connectivity index is 0. The molecule has 0 spiro atoms. The van der Waals surface area contributed by atoms with Crippen LogP contribution in [-0.2, 0) is 9.59 Å². The molecule has 0 amide bonds. The monoisotopic (exact) mass is 193 g/mol. The van der Waals surface area contributed by atoms with Gasteiger partial charge in [0.25, 0.3) is 0 Å². The SMILES string of the molecule is CC(=O)CNC(C)(C)C(C)=O.Cl. The molecule has 0 radical (unpaired) electrons. The molecule has 0 atom stereocenters. The smallest absolute Gasteiger partial charge is 0.149 e. The number of hydrogen-bond acceptors (Lipinski definition) is 3. The minimum absolute atomic E-state index is 0. The second-order valence-corrected chi connectivity index (χ2v) is 3.24. The fraction of sp³-hybridized carbons (Fsp3) is 0.750. The van der Waals surface area contributed by atoms with Crippen LogP contribution in [0.2, 0.25) is 0 Å². The highest BCUT2D eigenvalue weighted by Gasteiger charge is 2.22. The summed E-state index contributed by atoms with van der Waals surface area (Å²) in [7, 11) is 0. The Morgan fingerprint density at radius 3 is 1.92 bits per heavy atom. The summed E-state index contributed by atoms with van der Waals surface area (Å²) in [4.78, 5) is 21.4. The van der Waals surface area contributed by atoms with Crippen molar-refractivity contribution in [3.8, 4) is 0 Å². The Hall–Kier alpha value is -0.410. The number of ketones is 2. The Morgan fingerprint density at radius 2 is 1.67 bits per heavy atom. The maximum absolute atomic E-state index is 10.9. The van der Waals surface area contributed by atoms with E-state index in [0.29, 0.717) is 0 Å². The summed E-state index contributed by atoms with van der Waals surface area (Å²) < 4.78 is 0. The number of nitrogens with one attached hydrogen (secondary N) is 1. The van der Waals surface area contributed by atoms with E-state index in [0.717, 1.165) is 0 Å². The second kappa shape index (κ2) is 5.27. The average molecular weight is 194 g/mol. The predicted octanol–water partition coefficient (Wildman–Crippen LogP) is 0.954. The number of halogens is 1. The molecule has 0 aliphatic carbocycles. The van der Waals surface area contributed by atoms with E-state index in [1.165, 1.54) is 13.8 Å². The number of carbonyl (C=O) groups excluding carboxylic acids is 2. The van der Waals surface area contributed by atoms with Crippen LogP contribution < -0.4 is 5.32 Å². The maximum atomic E-state index is 10.9. The van der Waals surface area contributed by atoms with Crippen LogP contribution >= 0.6 is 12.4 Å². The Labute approximate surface area is 79.3 Å². The lowest BCUT2D eigenvalue weighted by Gasteiger charge is -2.21. The van der Waals surface area contributed by atoms with Gasteiger partial charge in [-0.2, -0.15) is 0 Å². The van der Waals surface area contributed by atoms with Crippen LogP contribution in [-0.4, -0.2) is 23.7 Å². The van der Waals surface area contributed by atoms with Gasteiger partial charge >= 0.3 is 0 Å². The second-order valence-electron chi connectivity index (χ2n) is 3.24. The molecule has 1 N–H and O–H groups in total. The summed E-state index contributed by atoms with van der Waals surface area (Å²) in [6.45, 7) is 6.78. The summed E-state index contributed by atoms with van der Waals surface area (Å²) >= 11 is 0. The summed E-state index contributed by atoms with van der Waals surface area (Å²) in [5, 5.41) is 2.86. The lowest BCUT2D eigenvalue weighted by molar-refractivity contribution is -0.122. The van der Waals surface area contributed by atoms with E-state index in [9.17, 15) is 9.59 Å². The van der Waals surface area contributed by atoms with Crippen molar-refractivity contribution in [1.29, 1.82) is 0 Å². The fourth-order valence-electron chi connectivity index (χ4n) is 0.470. The first kappa shape index (κ1) is 14.1. The van der Waals surface area contributed by atoms with Crippen molar-refractivity contribution < 1.29 is 9.59 Å². The zero-order valence-electron chi connectivity index (χ0n) is 7.93. The summed E-state index contributed by atoms with van der Waals surface area (Å²) in [5.41, 5.74) is -0.578. The van der Waals surface area contributed by atoms with Gasteiger partial charge < -0.3 is 0 Å². The minimum Gasteiger partial charge on any atom is -0.299 e. The van der Waals surface area contributed by atoms with E-state index in [1.54, 1.807) is 13.8 Å². The van der Waals surface area contributed by atoms with Gasteiger partial charge in [0.1, 0.15) is 11.6 Å². The van der Waals surface area contributed by atoms with Crippen LogP contribution in [0.15, 0.2) is 0 Å². The van der Waals surface area contributed by atoms with Crippen molar-refractivity contribution in [3.05, 3.63) is 0 Å². The molecule has 0 aliphatic heterocycles. The van der Waals surface area contributed by atoms with Crippen LogP contribution in [0.4, 0.5) is 0 Å². The molecule has 0 aromatic rings. The molecule has 0 saturated carbocycles. The van der Waals surface area contributed by atoms with Crippen molar-refractivity contribution >= 4 is 24.0 Å². The standard InChI is InChI=1S/C8H15NO2.ClH/c1-6(10)5-9-8(3,4)7(2)11;/h9H,5H2,1-4H3;1H. The Kier molecular flexibility index (Phi) is 6.21. The molecule has 0 bridgehead atoms. The molecule has 0 heterocycles. The molecule has 4 heteroatoms. The van der Waals surface area contributed by atoms with Crippen molar-refractivity contribution in [2.45, 2.75) is 33.2 Å². The van der Waals surface area contributed by atoms with Gasteiger partial charge in [0.05, 0.1) is 12.1 Å². The normalized spacial score (nSPS) is 10.3. The van der Waals surface area contributed by atoms with E-state index in [4.69, 9.17) is 0 Å². The lowest BCUT2D eigenvalue weighted by Crippen LogP contribution is -2.47. The molecule has 3 nitrogen and oxygen atoms in total. The molecule has 0 rings (SSSR count). The predicted molar refractivity (Wildman–Crippen MR) is 50.7 cm³/mol. The first-order valence-electron chi connectivity index (χ1n) is 3.62. The molecular formula is C8H16ClNO2. The third-order valence-electron chi connectivity index (χ3n) is 1.66. The molecular weight excluding hydrogens is 178 g/mol. The van der Waals surface area contributed by atoms with Gasteiger partial charge in [-0.1, -0.05) is 0 Å². The summed E-state index contributed by atoms with van der Waals surface area (Å²) in [6, 6.07) is 0. The van der Waals surface area contributed by atoms with E-state index >= 15 is 0 Å². The van der Waals surface area contributed by atoms with E-state index in [1.807, 2.05) is 0 Å². The number of rotatable bonds is 4. The van der Waals surface area contributed by atoms with E-state index < -0.39 is 5.54 Å². The van der Waals surface area contributed by atoms with Crippen LogP contribution in [0.25, 0.3) is 0 Å². The van der Waals surface area contributed by atoms with Gasteiger partial charge in [-0.3, -0.25) is 14.9 Å².